The van der Waals surface area contributed by atoms with E-state index in [1.807, 2.05) is 17.3 Å². The molecular weight excluding hydrogens is 483 g/mol. The Morgan fingerprint density at radius 2 is 2.00 bits per heavy atom. The molecule has 3 heterocycles. The molecule has 0 atom stereocenters. The second kappa shape index (κ2) is 11.2. The van der Waals surface area contributed by atoms with Gasteiger partial charge in [0.05, 0.1) is 6.26 Å². The van der Waals surface area contributed by atoms with Crippen LogP contribution < -0.4 is 5.32 Å². The van der Waals surface area contributed by atoms with Crippen LogP contribution >= 0.6 is 24.0 Å². The fraction of sp³-hybridized carbons (Fsp3) is 0.550. The third kappa shape index (κ3) is 6.22. The van der Waals surface area contributed by atoms with E-state index in [1.165, 1.54) is 6.26 Å². The van der Waals surface area contributed by atoms with Gasteiger partial charge in [-0.15, -0.1) is 24.0 Å². The zero-order chi connectivity index (χ0) is 19.9. The summed E-state index contributed by atoms with van der Waals surface area (Å²) in [6.07, 6.45) is 5.37. The molecule has 2 aromatic rings. The highest BCUT2D eigenvalue weighted by molar-refractivity contribution is 14.0. The van der Waals surface area contributed by atoms with E-state index in [2.05, 4.69) is 40.5 Å². The van der Waals surface area contributed by atoms with Crippen LogP contribution in [0.25, 0.3) is 0 Å². The molecule has 1 aliphatic heterocycles. The van der Waals surface area contributed by atoms with Gasteiger partial charge in [-0.3, -0.25) is 4.79 Å². The molecule has 1 aliphatic rings. The first-order valence-corrected chi connectivity index (χ1v) is 9.94. The predicted molar refractivity (Wildman–Crippen MR) is 123 cm³/mol. The number of halogens is 1. The molecule has 2 aromatic heterocycles. The van der Waals surface area contributed by atoms with E-state index in [-0.39, 0.29) is 29.9 Å². The quantitative estimate of drug-likeness (QED) is 0.365. The van der Waals surface area contributed by atoms with Crippen LogP contribution in [0.3, 0.4) is 0 Å². The number of nitrogens with one attached hydrogen (secondary N) is 1. The van der Waals surface area contributed by atoms with Crippen molar-refractivity contribution in [1.82, 2.24) is 24.7 Å². The van der Waals surface area contributed by atoms with Crippen molar-refractivity contribution in [2.45, 2.75) is 33.9 Å². The molecule has 160 valence electrons. The average molecular weight is 514 g/mol. The first-order chi connectivity index (χ1) is 13.6. The molecule has 0 radical (unpaired) electrons. The van der Waals surface area contributed by atoms with Crippen LogP contribution in [0.15, 0.2) is 40.2 Å². The van der Waals surface area contributed by atoms with E-state index in [0.717, 1.165) is 38.0 Å². The van der Waals surface area contributed by atoms with E-state index in [1.54, 1.807) is 12.1 Å². The number of nitrogens with zero attached hydrogens (tertiary/aromatic N) is 5. The van der Waals surface area contributed by atoms with Crippen molar-refractivity contribution in [2.75, 3.05) is 32.7 Å². The van der Waals surface area contributed by atoms with Crippen LogP contribution in [0.1, 0.15) is 37.2 Å². The topological polar surface area (TPSA) is 78.9 Å². The molecule has 1 saturated heterocycles. The molecule has 0 saturated carbocycles. The standard InChI is InChI=1S/C20H30N6O2.HI/c1-4-21-20(23-14-18-22-7-8-26(18)15-16(2)3)25-11-9-24(10-12-25)19(27)17-6-5-13-28-17;/h5-8,13,16H,4,9-12,14-15H2,1-3H3,(H,21,23);1H. The number of aliphatic imine (C=N–C) groups is 1. The Balaban J connectivity index is 0.00000300. The van der Waals surface area contributed by atoms with Gasteiger partial charge in [0.25, 0.3) is 5.91 Å². The van der Waals surface area contributed by atoms with Crippen LogP contribution in [0.2, 0.25) is 0 Å². The van der Waals surface area contributed by atoms with Crippen molar-refractivity contribution >= 4 is 35.8 Å². The zero-order valence-corrected chi connectivity index (χ0v) is 19.7. The zero-order valence-electron chi connectivity index (χ0n) is 17.4. The molecule has 0 aliphatic carbocycles. The number of aromatic nitrogens is 2. The molecular formula is C20H31IN6O2. The maximum atomic E-state index is 12.4. The molecule has 29 heavy (non-hydrogen) atoms. The van der Waals surface area contributed by atoms with Gasteiger partial charge in [0, 0.05) is 51.7 Å². The normalized spacial score (nSPS) is 14.8. The van der Waals surface area contributed by atoms with E-state index >= 15 is 0 Å². The fourth-order valence-corrected chi connectivity index (χ4v) is 3.30. The maximum Gasteiger partial charge on any atom is 0.289 e. The maximum absolute atomic E-state index is 12.4. The van der Waals surface area contributed by atoms with E-state index in [9.17, 15) is 4.79 Å². The van der Waals surface area contributed by atoms with Crippen LogP contribution in [-0.4, -0.2) is 63.9 Å². The summed E-state index contributed by atoms with van der Waals surface area (Å²) in [7, 11) is 0. The van der Waals surface area contributed by atoms with Crippen molar-refractivity contribution in [3.05, 3.63) is 42.4 Å². The lowest BCUT2D eigenvalue weighted by Gasteiger charge is -2.36. The second-order valence-electron chi connectivity index (χ2n) is 7.32. The highest BCUT2D eigenvalue weighted by atomic mass is 127. The van der Waals surface area contributed by atoms with Gasteiger partial charge in [-0.1, -0.05) is 13.8 Å². The number of carbonyl (C=O) groups is 1. The smallest absolute Gasteiger partial charge is 0.289 e. The number of piperazine rings is 1. The highest BCUT2D eigenvalue weighted by Crippen LogP contribution is 2.10. The minimum Gasteiger partial charge on any atom is -0.459 e. The van der Waals surface area contributed by atoms with E-state index in [0.29, 0.717) is 31.3 Å². The molecule has 0 bridgehead atoms. The SMILES string of the molecule is CCNC(=NCc1nccn1CC(C)C)N1CCN(C(=O)c2ccco2)CC1.I. The monoisotopic (exact) mass is 514 g/mol. The summed E-state index contributed by atoms with van der Waals surface area (Å²) in [6, 6.07) is 3.45. The number of imidazole rings is 1. The lowest BCUT2D eigenvalue weighted by molar-refractivity contribution is 0.0657. The summed E-state index contributed by atoms with van der Waals surface area (Å²) >= 11 is 0. The first-order valence-electron chi connectivity index (χ1n) is 9.94. The molecule has 1 N–H and O–H groups in total. The number of carbonyl (C=O) groups excluding carboxylic acids is 1. The minimum atomic E-state index is -0.0534. The summed E-state index contributed by atoms with van der Waals surface area (Å²) in [5, 5.41) is 3.36. The Morgan fingerprint density at radius 1 is 1.28 bits per heavy atom. The van der Waals surface area contributed by atoms with Crippen LogP contribution in [0.5, 0.6) is 0 Å². The third-order valence-corrected chi connectivity index (χ3v) is 4.67. The van der Waals surface area contributed by atoms with Crippen molar-refractivity contribution in [1.29, 1.82) is 0 Å². The second-order valence-corrected chi connectivity index (χ2v) is 7.32. The first kappa shape index (κ1) is 23.2. The fourth-order valence-electron chi connectivity index (χ4n) is 3.30. The third-order valence-electron chi connectivity index (χ3n) is 4.67. The number of guanidine groups is 1. The van der Waals surface area contributed by atoms with Gasteiger partial charge < -0.3 is 24.1 Å². The lowest BCUT2D eigenvalue weighted by atomic mass is 10.2. The summed E-state index contributed by atoms with van der Waals surface area (Å²) in [6.45, 7) is 11.5. The Labute approximate surface area is 189 Å². The van der Waals surface area contributed by atoms with Crippen LogP contribution in [0, 0.1) is 5.92 Å². The summed E-state index contributed by atoms with van der Waals surface area (Å²) in [4.78, 5) is 25.7. The molecule has 8 nitrogen and oxygen atoms in total. The summed E-state index contributed by atoms with van der Waals surface area (Å²) in [5.41, 5.74) is 0. The van der Waals surface area contributed by atoms with Crippen LogP contribution in [0.4, 0.5) is 0 Å². The van der Waals surface area contributed by atoms with Crippen LogP contribution in [-0.2, 0) is 13.1 Å². The summed E-state index contributed by atoms with van der Waals surface area (Å²) in [5.74, 6) is 2.74. The van der Waals surface area contributed by atoms with Gasteiger partial charge in [0.15, 0.2) is 11.7 Å². The van der Waals surface area contributed by atoms with Gasteiger partial charge in [-0.2, -0.15) is 0 Å². The lowest BCUT2D eigenvalue weighted by Crippen LogP contribution is -2.53. The Hall–Kier alpha value is -2.04. The number of hydrogen-bond acceptors (Lipinski definition) is 4. The molecule has 1 amide bonds. The molecule has 1 fully saturated rings. The molecule has 0 aromatic carbocycles. The largest absolute Gasteiger partial charge is 0.459 e. The summed E-state index contributed by atoms with van der Waals surface area (Å²) < 4.78 is 7.39. The predicted octanol–water partition coefficient (Wildman–Crippen LogP) is 2.67. The van der Waals surface area contributed by atoms with Crippen molar-refractivity contribution in [2.24, 2.45) is 10.9 Å². The number of furan rings is 1. The highest BCUT2D eigenvalue weighted by Gasteiger charge is 2.25. The van der Waals surface area contributed by atoms with E-state index < -0.39 is 0 Å². The molecule has 3 rings (SSSR count). The molecule has 0 spiro atoms. The van der Waals surface area contributed by atoms with Crippen molar-refractivity contribution < 1.29 is 9.21 Å². The van der Waals surface area contributed by atoms with Crippen molar-refractivity contribution in [3.63, 3.8) is 0 Å². The van der Waals surface area contributed by atoms with E-state index in [4.69, 9.17) is 9.41 Å². The van der Waals surface area contributed by atoms with Gasteiger partial charge >= 0.3 is 0 Å². The molecule has 9 heteroatoms. The Kier molecular flexibility index (Phi) is 8.99. The Bertz CT molecular complexity index is 779. The van der Waals surface area contributed by atoms with Gasteiger partial charge in [-0.25, -0.2) is 9.98 Å². The number of rotatable bonds is 6. The van der Waals surface area contributed by atoms with Gasteiger partial charge in [0.2, 0.25) is 0 Å². The minimum absolute atomic E-state index is 0. The number of amides is 1. The van der Waals surface area contributed by atoms with Crippen molar-refractivity contribution in [3.8, 4) is 0 Å². The number of hydrogen-bond donors (Lipinski definition) is 1. The average Bonchev–Trinajstić information content (AvgIpc) is 3.36. The van der Waals surface area contributed by atoms with Gasteiger partial charge in [0.1, 0.15) is 12.4 Å². The Morgan fingerprint density at radius 3 is 2.62 bits per heavy atom. The van der Waals surface area contributed by atoms with Gasteiger partial charge in [-0.05, 0) is 25.0 Å². The molecule has 0 unspecified atom stereocenters.